The van der Waals surface area contributed by atoms with Gasteiger partial charge in [-0.25, -0.2) is 0 Å². The number of nitrogens with zero attached hydrogens (tertiary/aromatic N) is 4. The van der Waals surface area contributed by atoms with E-state index in [2.05, 4.69) is 20.7 Å². The van der Waals surface area contributed by atoms with Gasteiger partial charge in [0, 0.05) is 26.6 Å². The van der Waals surface area contributed by atoms with E-state index in [1.165, 1.54) is 24.1 Å². The first-order valence-corrected chi connectivity index (χ1v) is 6.17. The summed E-state index contributed by atoms with van der Waals surface area (Å²) in [6.07, 6.45) is 4.75. The van der Waals surface area contributed by atoms with E-state index in [9.17, 15) is 0 Å². The molecule has 2 rings (SSSR count). The van der Waals surface area contributed by atoms with Crippen LogP contribution >= 0.6 is 0 Å². The van der Waals surface area contributed by atoms with Crippen LogP contribution in [0.4, 0.5) is 0 Å². The minimum absolute atomic E-state index is 0.344. The number of ether oxygens (including phenoxy) is 1. The zero-order chi connectivity index (χ0) is 12.1. The number of hydrogen-bond acceptors (Lipinski definition) is 5. The lowest BCUT2D eigenvalue weighted by Gasteiger charge is -2.41. The maximum Gasteiger partial charge on any atom is 0.175 e. The van der Waals surface area contributed by atoms with Gasteiger partial charge >= 0.3 is 0 Å². The van der Waals surface area contributed by atoms with Crippen LogP contribution in [0.25, 0.3) is 0 Å². The Bertz CT molecular complexity index is 347. The molecule has 1 saturated carbocycles. The van der Waals surface area contributed by atoms with Crippen molar-refractivity contribution in [1.82, 2.24) is 25.5 Å². The molecule has 96 valence electrons. The van der Waals surface area contributed by atoms with E-state index >= 15 is 0 Å². The van der Waals surface area contributed by atoms with E-state index in [0.29, 0.717) is 5.41 Å². The Labute approximate surface area is 102 Å². The van der Waals surface area contributed by atoms with Gasteiger partial charge in [0.05, 0.1) is 13.7 Å². The van der Waals surface area contributed by atoms with Gasteiger partial charge < -0.3 is 10.1 Å². The lowest BCUT2D eigenvalue weighted by Crippen LogP contribution is -2.42. The van der Waals surface area contributed by atoms with Crippen molar-refractivity contribution in [1.29, 1.82) is 0 Å². The van der Waals surface area contributed by atoms with Gasteiger partial charge in [0.1, 0.15) is 0 Å². The van der Waals surface area contributed by atoms with E-state index in [-0.39, 0.29) is 0 Å². The molecule has 1 N–H and O–H groups in total. The van der Waals surface area contributed by atoms with Crippen LogP contribution in [0, 0.1) is 5.41 Å². The highest BCUT2D eigenvalue weighted by molar-refractivity contribution is 4.97. The summed E-state index contributed by atoms with van der Waals surface area (Å²) in [5.74, 6) is 0.862. The lowest BCUT2D eigenvalue weighted by atomic mass is 9.66. The Hall–Kier alpha value is -1.01. The third kappa shape index (κ3) is 3.23. The second-order valence-electron chi connectivity index (χ2n) is 4.90. The highest BCUT2D eigenvalue weighted by atomic mass is 16.5. The second-order valence-corrected chi connectivity index (χ2v) is 4.90. The number of nitrogens with one attached hydrogen (secondary N) is 1. The fourth-order valence-electron chi connectivity index (χ4n) is 2.35. The number of methoxy groups -OCH3 is 1. The number of rotatable bonds is 7. The average Bonchev–Trinajstić information content (AvgIpc) is 2.66. The van der Waals surface area contributed by atoms with Gasteiger partial charge in [0.15, 0.2) is 5.82 Å². The third-order valence-corrected chi connectivity index (χ3v) is 3.48. The van der Waals surface area contributed by atoms with Crippen LogP contribution in [0.15, 0.2) is 0 Å². The molecule has 0 aliphatic heterocycles. The molecule has 6 nitrogen and oxygen atoms in total. The highest BCUT2D eigenvalue weighted by Crippen LogP contribution is 2.42. The van der Waals surface area contributed by atoms with Gasteiger partial charge in [0.2, 0.25) is 0 Å². The molecule has 17 heavy (non-hydrogen) atoms. The summed E-state index contributed by atoms with van der Waals surface area (Å²) in [6, 6.07) is 0. The molecule has 1 aromatic rings. The minimum Gasteiger partial charge on any atom is -0.383 e. The second kappa shape index (κ2) is 5.55. The minimum atomic E-state index is 0.344. The Balaban J connectivity index is 1.82. The summed E-state index contributed by atoms with van der Waals surface area (Å²) in [6.45, 7) is 2.69. The zero-order valence-corrected chi connectivity index (χ0v) is 10.6. The van der Waals surface area contributed by atoms with E-state index in [1.54, 1.807) is 14.2 Å². The first kappa shape index (κ1) is 12.4. The normalized spacial score (nSPS) is 18.0. The molecule has 0 saturated heterocycles. The zero-order valence-electron chi connectivity index (χ0n) is 10.6. The summed E-state index contributed by atoms with van der Waals surface area (Å²) < 4.78 is 5.03. The average molecular weight is 239 g/mol. The van der Waals surface area contributed by atoms with Gasteiger partial charge in [-0.1, -0.05) is 6.42 Å². The maximum absolute atomic E-state index is 5.03. The SMILES string of the molecule is COCCNCC1(Cc2nnn(C)n2)CCC1. The Morgan fingerprint density at radius 3 is 2.82 bits per heavy atom. The first-order valence-electron chi connectivity index (χ1n) is 6.17. The van der Waals surface area contributed by atoms with Crippen molar-refractivity contribution < 1.29 is 4.74 Å². The van der Waals surface area contributed by atoms with E-state index in [0.717, 1.165) is 31.9 Å². The molecular formula is C11H21N5O. The van der Waals surface area contributed by atoms with Crippen molar-refractivity contribution in [3.8, 4) is 0 Å². The molecule has 0 spiro atoms. The maximum atomic E-state index is 5.03. The molecule has 0 unspecified atom stereocenters. The summed E-state index contributed by atoms with van der Waals surface area (Å²) in [7, 11) is 3.53. The van der Waals surface area contributed by atoms with Gasteiger partial charge in [-0.3, -0.25) is 0 Å². The standard InChI is InChI=1S/C11H21N5O/c1-16-14-10(13-15-16)8-11(4-3-5-11)9-12-6-7-17-2/h12H,3-9H2,1-2H3. The van der Waals surface area contributed by atoms with Crippen LogP contribution in [0.1, 0.15) is 25.1 Å². The van der Waals surface area contributed by atoms with E-state index < -0.39 is 0 Å². The fourth-order valence-corrected chi connectivity index (χ4v) is 2.35. The van der Waals surface area contributed by atoms with Gasteiger partial charge in [-0.2, -0.15) is 4.80 Å². The predicted molar refractivity (Wildman–Crippen MR) is 63.5 cm³/mol. The molecular weight excluding hydrogens is 218 g/mol. The number of tetrazole rings is 1. The highest BCUT2D eigenvalue weighted by Gasteiger charge is 2.37. The summed E-state index contributed by atoms with van der Waals surface area (Å²) >= 11 is 0. The smallest absolute Gasteiger partial charge is 0.175 e. The van der Waals surface area contributed by atoms with Crippen LogP contribution in [0.2, 0.25) is 0 Å². The topological polar surface area (TPSA) is 64.9 Å². The molecule has 0 aromatic carbocycles. The lowest BCUT2D eigenvalue weighted by molar-refractivity contribution is 0.120. The monoisotopic (exact) mass is 239 g/mol. The molecule has 1 heterocycles. The number of aryl methyl sites for hydroxylation is 1. The predicted octanol–water partition coefficient (Wildman–Crippen LogP) is 0.159. The van der Waals surface area contributed by atoms with Crippen molar-refractivity contribution in [3.63, 3.8) is 0 Å². The summed E-state index contributed by atoms with van der Waals surface area (Å²) in [5, 5.41) is 15.7. The first-order chi connectivity index (χ1) is 8.24. The molecule has 1 fully saturated rings. The third-order valence-electron chi connectivity index (χ3n) is 3.48. The van der Waals surface area contributed by atoms with E-state index in [1.807, 2.05) is 0 Å². The van der Waals surface area contributed by atoms with Crippen LogP contribution < -0.4 is 5.32 Å². The number of aromatic nitrogens is 4. The van der Waals surface area contributed by atoms with Gasteiger partial charge in [0.25, 0.3) is 0 Å². The summed E-state index contributed by atoms with van der Waals surface area (Å²) in [4.78, 5) is 1.53. The van der Waals surface area contributed by atoms with Crippen LogP contribution in [0.5, 0.6) is 0 Å². The molecule has 6 heteroatoms. The van der Waals surface area contributed by atoms with Crippen molar-refractivity contribution in [3.05, 3.63) is 5.82 Å². The Morgan fingerprint density at radius 2 is 2.29 bits per heavy atom. The van der Waals surface area contributed by atoms with Crippen LogP contribution in [-0.4, -0.2) is 47.0 Å². The number of hydrogen-bond donors (Lipinski definition) is 1. The van der Waals surface area contributed by atoms with Gasteiger partial charge in [-0.05, 0) is 23.5 Å². The molecule has 1 aromatic heterocycles. The van der Waals surface area contributed by atoms with Gasteiger partial charge in [-0.15, -0.1) is 10.2 Å². The van der Waals surface area contributed by atoms with Crippen LogP contribution in [-0.2, 0) is 18.2 Å². The quantitative estimate of drug-likeness (QED) is 0.687. The summed E-state index contributed by atoms with van der Waals surface area (Å²) in [5.41, 5.74) is 0.344. The van der Waals surface area contributed by atoms with Crippen molar-refractivity contribution in [2.75, 3.05) is 26.8 Å². The van der Waals surface area contributed by atoms with Crippen LogP contribution in [0.3, 0.4) is 0 Å². The molecule has 0 amide bonds. The molecule has 0 atom stereocenters. The largest absolute Gasteiger partial charge is 0.383 e. The van der Waals surface area contributed by atoms with E-state index in [4.69, 9.17) is 4.74 Å². The van der Waals surface area contributed by atoms with Crippen molar-refractivity contribution >= 4 is 0 Å². The molecule has 1 aliphatic rings. The van der Waals surface area contributed by atoms with Crippen molar-refractivity contribution in [2.45, 2.75) is 25.7 Å². The Morgan fingerprint density at radius 1 is 1.47 bits per heavy atom. The fraction of sp³-hybridized carbons (Fsp3) is 0.909. The Kier molecular flexibility index (Phi) is 4.06. The van der Waals surface area contributed by atoms with Crippen molar-refractivity contribution in [2.24, 2.45) is 12.5 Å². The molecule has 1 aliphatic carbocycles. The molecule has 0 bridgehead atoms. The molecule has 0 radical (unpaired) electrons.